The number of rotatable bonds is 10. The van der Waals surface area contributed by atoms with Crippen LogP contribution in [0.4, 0.5) is 4.79 Å². The Morgan fingerprint density at radius 2 is 1.75 bits per heavy atom. The molecule has 0 saturated carbocycles. The first-order valence-corrected chi connectivity index (χ1v) is 12.2. The summed E-state index contributed by atoms with van der Waals surface area (Å²) in [5.41, 5.74) is 0.768. The van der Waals surface area contributed by atoms with Crippen molar-refractivity contribution in [3.05, 3.63) is 65.2 Å². The van der Waals surface area contributed by atoms with Crippen molar-refractivity contribution in [3.8, 4) is 5.75 Å². The number of aromatic hydroxyl groups is 1. The smallest absolute Gasteiger partial charge is 0.408 e. The van der Waals surface area contributed by atoms with Gasteiger partial charge < -0.3 is 30.5 Å². The first kappa shape index (κ1) is 29.0. The fraction of sp³-hybridized carbons (Fsp3) is 0.423. The number of alkyl carbamates (subject to hydrolysis) is 1. The monoisotopic (exact) mass is 517 g/mol. The number of amides is 3. The number of carbonyl (C=O) groups is 3. The highest BCUT2D eigenvalue weighted by atomic mass is 32.1. The predicted octanol–water partition coefficient (Wildman–Crippen LogP) is 2.70. The summed E-state index contributed by atoms with van der Waals surface area (Å²) in [7, 11) is 0. The maximum absolute atomic E-state index is 13.6. The van der Waals surface area contributed by atoms with Crippen molar-refractivity contribution in [2.24, 2.45) is 0 Å². The minimum Gasteiger partial charge on any atom is -0.507 e. The largest absolute Gasteiger partial charge is 0.507 e. The van der Waals surface area contributed by atoms with Crippen LogP contribution in [0.2, 0.25) is 0 Å². The van der Waals surface area contributed by atoms with E-state index in [2.05, 4.69) is 23.3 Å². The SMILES string of the molecule is Cc1cccc(C(C(=O)NCc2ccccc2)N(CCO)C(=O)C(CS)NC(=O)OC(C)(C)C)c1O. The van der Waals surface area contributed by atoms with Crippen LogP contribution < -0.4 is 10.6 Å². The Hall–Kier alpha value is -3.24. The maximum Gasteiger partial charge on any atom is 0.408 e. The van der Waals surface area contributed by atoms with Crippen LogP contribution in [0.3, 0.4) is 0 Å². The zero-order valence-corrected chi connectivity index (χ0v) is 21.9. The van der Waals surface area contributed by atoms with Crippen LogP contribution in [-0.4, -0.2) is 63.6 Å². The lowest BCUT2D eigenvalue weighted by atomic mass is 9.99. The molecule has 9 nitrogen and oxygen atoms in total. The fourth-order valence-electron chi connectivity index (χ4n) is 3.54. The van der Waals surface area contributed by atoms with E-state index in [1.54, 1.807) is 45.9 Å². The van der Waals surface area contributed by atoms with Gasteiger partial charge in [0.15, 0.2) is 0 Å². The first-order valence-electron chi connectivity index (χ1n) is 11.6. The number of thiol groups is 1. The van der Waals surface area contributed by atoms with E-state index in [1.165, 1.54) is 0 Å². The van der Waals surface area contributed by atoms with E-state index < -0.39 is 42.2 Å². The predicted molar refractivity (Wildman–Crippen MR) is 140 cm³/mol. The standard InChI is InChI=1S/C26H35N3O6S/c1-17-9-8-12-19(22(17)31)21(23(32)27-15-18-10-6-5-7-11-18)29(13-14-30)24(33)20(16-36)28-25(34)35-26(2,3)4/h5-12,20-21,30-31,36H,13-16H2,1-4H3,(H,27,32)(H,28,34). The Morgan fingerprint density at radius 1 is 1.08 bits per heavy atom. The number of nitrogens with one attached hydrogen (secondary N) is 2. The lowest BCUT2D eigenvalue weighted by Crippen LogP contribution is -2.54. The number of para-hydroxylation sites is 1. The fourth-order valence-corrected chi connectivity index (χ4v) is 3.79. The van der Waals surface area contributed by atoms with E-state index in [-0.39, 0.29) is 30.2 Å². The van der Waals surface area contributed by atoms with Crippen LogP contribution in [0, 0.1) is 6.92 Å². The Kier molecular flexibility index (Phi) is 10.6. The van der Waals surface area contributed by atoms with E-state index in [4.69, 9.17) is 4.74 Å². The van der Waals surface area contributed by atoms with Gasteiger partial charge in [-0.15, -0.1) is 0 Å². The molecule has 0 saturated heterocycles. The highest BCUT2D eigenvalue weighted by Crippen LogP contribution is 2.32. The van der Waals surface area contributed by atoms with Crippen molar-refractivity contribution in [3.63, 3.8) is 0 Å². The molecule has 0 heterocycles. The number of phenolic OH excluding ortho intramolecular Hbond substituents is 1. The van der Waals surface area contributed by atoms with Crippen LogP contribution in [-0.2, 0) is 20.9 Å². The summed E-state index contributed by atoms with van der Waals surface area (Å²) in [6, 6.07) is 11.7. The molecule has 0 bridgehead atoms. The van der Waals surface area contributed by atoms with E-state index in [0.717, 1.165) is 10.5 Å². The van der Waals surface area contributed by atoms with Crippen LogP contribution in [0.1, 0.15) is 43.5 Å². The van der Waals surface area contributed by atoms with Gasteiger partial charge in [0.25, 0.3) is 0 Å². The lowest BCUT2D eigenvalue weighted by molar-refractivity contribution is -0.142. The number of aliphatic hydroxyl groups is 1. The van der Waals surface area contributed by atoms with Gasteiger partial charge >= 0.3 is 6.09 Å². The number of aryl methyl sites for hydroxylation is 1. The van der Waals surface area contributed by atoms with Crippen molar-refractivity contribution < 1.29 is 29.3 Å². The van der Waals surface area contributed by atoms with Gasteiger partial charge in [0, 0.05) is 24.4 Å². The molecular formula is C26H35N3O6S. The average Bonchev–Trinajstić information content (AvgIpc) is 2.82. The third kappa shape index (κ3) is 8.17. The number of hydrogen-bond acceptors (Lipinski definition) is 7. The summed E-state index contributed by atoms with van der Waals surface area (Å²) >= 11 is 4.21. The average molecular weight is 518 g/mol. The van der Waals surface area contributed by atoms with Crippen LogP contribution >= 0.6 is 12.6 Å². The molecule has 10 heteroatoms. The molecule has 0 fully saturated rings. The van der Waals surface area contributed by atoms with Gasteiger partial charge in [0.2, 0.25) is 11.8 Å². The minimum atomic E-state index is -1.28. The molecule has 2 unspecified atom stereocenters. The number of aliphatic hydroxyl groups excluding tert-OH is 1. The van der Waals surface area contributed by atoms with Gasteiger partial charge in [-0.3, -0.25) is 9.59 Å². The Labute approximate surface area is 217 Å². The zero-order chi connectivity index (χ0) is 26.9. The highest BCUT2D eigenvalue weighted by molar-refractivity contribution is 7.80. The van der Waals surface area contributed by atoms with Crippen LogP contribution in [0.5, 0.6) is 5.75 Å². The van der Waals surface area contributed by atoms with Gasteiger partial charge in [-0.25, -0.2) is 4.79 Å². The third-order valence-corrected chi connectivity index (χ3v) is 5.59. The van der Waals surface area contributed by atoms with Gasteiger partial charge in [0.05, 0.1) is 6.61 Å². The van der Waals surface area contributed by atoms with E-state index in [1.807, 2.05) is 30.3 Å². The molecule has 0 aliphatic carbocycles. The number of nitrogens with zero attached hydrogens (tertiary/aromatic N) is 1. The van der Waals surface area contributed by atoms with Gasteiger partial charge in [0.1, 0.15) is 23.4 Å². The van der Waals surface area contributed by atoms with E-state index in [9.17, 15) is 24.6 Å². The summed E-state index contributed by atoms with van der Waals surface area (Å²) < 4.78 is 5.25. The van der Waals surface area contributed by atoms with E-state index in [0.29, 0.717) is 5.56 Å². The second-order valence-corrected chi connectivity index (χ2v) is 9.62. The Morgan fingerprint density at radius 3 is 2.33 bits per heavy atom. The molecular weight excluding hydrogens is 482 g/mol. The second-order valence-electron chi connectivity index (χ2n) is 9.26. The highest BCUT2D eigenvalue weighted by Gasteiger charge is 2.37. The Bertz CT molecular complexity index is 1040. The van der Waals surface area contributed by atoms with Gasteiger partial charge in [-0.1, -0.05) is 48.5 Å². The number of phenols is 1. The molecule has 2 aromatic carbocycles. The van der Waals surface area contributed by atoms with Crippen molar-refractivity contribution >= 4 is 30.5 Å². The Balaban J connectivity index is 2.42. The third-order valence-electron chi connectivity index (χ3n) is 5.23. The summed E-state index contributed by atoms with van der Waals surface area (Å²) in [6.07, 6.45) is -0.817. The lowest BCUT2D eigenvalue weighted by Gasteiger charge is -2.34. The number of hydrogen-bond donors (Lipinski definition) is 5. The van der Waals surface area contributed by atoms with E-state index >= 15 is 0 Å². The van der Waals surface area contributed by atoms with Crippen molar-refractivity contribution in [2.45, 2.75) is 51.9 Å². The summed E-state index contributed by atoms with van der Waals surface area (Å²) in [4.78, 5) is 40.6. The van der Waals surface area contributed by atoms with Crippen LogP contribution in [0.25, 0.3) is 0 Å². The molecule has 36 heavy (non-hydrogen) atoms. The molecule has 0 aliphatic rings. The van der Waals surface area contributed by atoms with Crippen molar-refractivity contribution in [2.75, 3.05) is 18.9 Å². The molecule has 2 rings (SSSR count). The molecule has 3 amide bonds. The molecule has 0 radical (unpaired) electrons. The van der Waals surface area contributed by atoms with Gasteiger partial charge in [-0.05, 0) is 38.8 Å². The van der Waals surface area contributed by atoms with Crippen molar-refractivity contribution in [1.29, 1.82) is 0 Å². The second kappa shape index (κ2) is 13.2. The summed E-state index contributed by atoms with van der Waals surface area (Å²) in [5, 5.41) is 25.8. The quantitative estimate of drug-likeness (QED) is 0.308. The molecule has 0 aliphatic heterocycles. The molecule has 0 spiro atoms. The molecule has 196 valence electrons. The molecule has 2 aromatic rings. The van der Waals surface area contributed by atoms with Crippen LogP contribution in [0.15, 0.2) is 48.5 Å². The van der Waals surface area contributed by atoms with Gasteiger partial charge in [-0.2, -0.15) is 12.6 Å². The number of carbonyl (C=O) groups excluding carboxylic acids is 3. The number of ether oxygens (including phenoxy) is 1. The molecule has 4 N–H and O–H groups in total. The molecule has 2 atom stereocenters. The summed E-state index contributed by atoms with van der Waals surface area (Å²) in [5.74, 6) is -1.45. The molecule has 0 aromatic heterocycles. The normalized spacial score (nSPS) is 12.8. The maximum atomic E-state index is 13.6. The summed E-state index contributed by atoms with van der Waals surface area (Å²) in [6.45, 7) is 6.26. The topological polar surface area (TPSA) is 128 Å². The first-order chi connectivity index (χ1) is 17.0. The zero-order valence-electron chi connectivity index (χ0n) is 21.0. The van der Waals surface area contributed by atoms with Crippen molar-refractivity contribution in [1.82, 2.24) is 15.5 Å². The number of benzene rings is 2. The minimum absolute atomic E-state index is 0.0852.